The van der Waals surface area contributed by atoms with Gasteiger partial charge >= 0.3 is 6.18 Å². The van der Waals surface area contributed by atoms with Crippen molar-refractivity contribution in [2.24, 2.45) is 0 Å². The summed E-state index contributed by atoms with van der Waals surface area (Å²) in [4.78, 5) is 1.55. The van der Waals surface area contributed by atoms with Crippen LogP contribution in [0.5, 0.6) is 0 Å². The van der Waals surface area contributed by atoms with Gasteiger partial charge in [-0.15, -0.1) is 0 Å². The van der Waals surface area contributed by atoms with Gasteiger partial charge in [0.15, 0.2) is 0 Å². The van der Waals surface area contributed by atoms with Crippen molar-refractivity contribution in [3.8, 4) is 0 Å². The van der Waals surface area contributed by atoms with E-state index in [1.807, 2.05) is 0 Å². The third-order valence-corrected chi connectivity index (χ3v) is 3.10. The molecule has 1 heterocycles. The highest BCUT2D eigenvalue weighted by molar-refractivity contribution is 5.36. The highest BCUT2D eigenvalue weighted by Crippen LogP contribution is 2.36. The maximum atomic E-state index is 13.7. The predicted molar refractivity (Wildman–Crippen MR) is 65.1 cm³/mol. The molecule has 21 heavy (non-hydrogen) atoms. The second-order valence-electron chi connectivity index (χ2n) is 4.66. The number of aliphatic hydroxyl groups is 1. The van der Waals surface area contributed by atoms with E-state index in [1.54, 1.807) is 17.3 Å². The molecule has 0 spiro atoms. The molecule has 8 heteroatoms. The Morgan fingerprint density at radius 2 is 1.90 bits per heavy atom. The zero-order valence-electron chi connectivity index (χ0n) is 10.8. The van der Waals surface area contributed by atoms with Gasteiger partial charge in [0.05, 0.1) is 12.2 Å². The highest BCUT2D eigenvalue weighted by atomic mass is 19.4. The van der Waals surface area contributed by atoms with E-state index < -0.39 is 29.8 Å². The van der Waals surface area contributed by atoms with Gasteiger partial charge in [-0.1, -0.05) is 6.07 Å². The van der Waals surface area contributed by atoms with E-state index >= 15 is 0 Å². The number of alkyl halides is 5. The second kappa shape index (κ2) is 5.51. The quantitative estimate of drug-likeness (QED) is 0.839. The molecule has 116 valence electrons. The van der Waals surface area contributed by atoms with Gasteiger partial charge < -0.3 is 15.3 Å². The van der Waals surface area contributed by atoms with E-state index in [4.69, 9.17) is 5.11 Å². The van der Waals surface area contributed by atoms with Crippen LogP contribution in [0.1, 0.15) is 16.7 Å². The van der Waals surface area contributed by atoms with Crippen LogP contribution in [0.2, 0.25) is 0 Å². The van der Waals surface area contributed by atoms with Gasteiger partial charge in [-0.05, 0) is 17.7 Å². The summed E-state index contributed by atoms with van der Waals surface area (Å²) in [6, 6.07) is 2.02. The molecule has 0 aliphatic carbocycles. The first-order chi connectivity index (χ1) is 9.74. The smallest absolute Gasteiger partial charge is 0.390 e. The van der Waals surface area contributed by atoms with Gasteiger partial charge in [-0.2, -0.15) is 22.0 Å². The molecule has 2 rings (SSSR count). The summed E-state index contributed by atoms with van der Waals surface area (Å²) >= 11 is 0. The molecule has 0 aromatic heterocycles. The molecule has 2 N–H and O–H groups in total. The molecule has 0 unspecified atom stereocenters. The van der Waals surface area contributed by atoms with E-state index in [9.17, 15) is 22.0 Å². The number of hydrogen-bond acceptors (Lipinski definition) is 3. The molecular formula is C13H13F5N2O. The lowest BCUT2D eigenvalue weighted by Crippen LogP contribution is -2.25. The largest absolute Gasteiger partial charge is 0.416 e. The zero-order valence-corrected chi connectivity index (χ0v) is 10.8. The first kappa shape index (κ1) is 15.6. The Hall–Kier alpha value is -1.83. The van der Waals surface area contributed by atoms with Crippen molar-refractivity contribution in [2.45, 2.75) is 18.6 Å². The van der Waals surface area contributed by atoms with Crippen molar-refractivity contribution < 1.29 is 27.1 Å². The van der Waals surface area contributed by atoms with Crippen LogP contribution in [-0.2, 0) is 18.6 Å². The molecule has 0 atom stereocenters. The lowest BCUT2D eigenvalue weighted by atomic mass is 9.98. The van der Waals surface area contributed by atoms with Crippen molar-refractivity contribution >= 4 is 0 Å². The number of nitrogens with one attached hydrogen (secondary N) is 1. The second-order valence-corrected chi connectivity index (χ2v) is 4.66. The van der Waals surface area contributed by atoms with E-state index in [2.05, 4.69) is 5.32 Å². The number of hydrogen-bond donors (Lipinski definition) is 2. The van der Waals surface area contributed by atoms with Gasteiger partial charge in [-0.25, -0.2) is 0 Å². The Balaban J connectivity index is 2.42. The van der Waals surface area contributed by atoms with Crippen molar-refractivity contribution in [2.75, 3.05) is 13.3 Å². The maximum Gasteiger partial charge on any atom is 0.416 e. The molecular weight excluding hydrogens is 295 g/mol. The Morgan fingerprint density at radius 3 is 2.43 bits per heavy atom. The fourth-order valence-electron chi connectivity index (χ4n) is 2.05. The van der Waals surface area contributed by atoms with E-state index in [0.29, 0.717) is 18.8 Å². The Bertz CT molecular complexity index is 542. The van der Waals surface area contributed by atoms with Crippen molar-refractivity contribution in [3.63, 3.8) is 0 Å². The summed E-state index contributed by atoms with van der Waals surface area (Å²) in [5.41, 5.74) is -1.76. The van der Waals surface area contributed by atoms with Gasteiger partial charge in [-0.3, -0.25) is 0 Å². The van der Waals surface area contributed by atoms with Crippen LogP contribution in [-0.4, -0.2) is 23.3 Å². The summed E-state index contributed by atoms with van der Waals surface area (Å²) in [6.07, 6.45) is -1.49. The molecule has 0 bridgehead atoms. The van der Waals surface area contributed by atoms with Gasteiger partial charge in [0, 0.05) is 24.5 Å². The molecule has 1 aliphatic heterocycles. The van der Waals surface area contributed by atoms with Crippen LogP contribution in [0.15, 0.2) is 30.6 Å². The summed E-state index contributed by atoms with van der Waals surface area (Å²) < 4.78 is 65.5. The molecule has 0 fully saturated rings. The summed E-state index contributed by atoms with van der Waals surface area (Å²) in [6.45, 7) is -1.25. The zero-order chi connectivity index (χ0) is 15.7. The minimum Gasteiger partial charge on any atom is -0.390 e. The SMILES string of the molecule is OCC(F)(F)c1ccc(C(F)(F)F)cc1CN1C=CNC1. The average molecular weight is 308 g/mol. The minimum atomic E-state index is -4.61. The number of nitrogens with zero attached hydrogens (tertiary/aromatic N) is 1. The lowest BCUT2D eigenvalue weighted by molar-refractivity contribution is -0.137. The van der Waals surface area contributed by atoms with Crippen LogP contribution >= 0.6 is 0 Å². The molecule has 1 aromatic rings. The predicted octanol–water partition coefficient (Wildman–Crippen LogP) is 2.62. The summed E-state index contributed by atoms with van der Waals surface area (Å²) in [5, 5.41) is 11.5. The molecule has 1 aromatic carbocycles. The Morgan fingerprint density at radius 1 is 1.19 bits per heavy atom. The first-order valence-electron chi connectivity index (χ1n) is 6.07. The molecule has 3 nitrogen and oxygen atoms in total. The lowest BCUT2D eigenvalue weighted by Gasteiger charge is -2.23. The number of rotatable bonds is 4. The number of benzene rings is 1. The standard InChI is InChI=1S/C13H13F5N2O/c14-12(15,7-21)11-2-1-10(13(16,17)18)5-9(11)6-20-4-3-19-8-20/h1-5,19,21H,6-8H2. The van der Waals surface area contributed by atoms with Gasteiger partial charge in [0.2, 0.25) is 0 Å². The van der Waals surface area contributed by atoms with Crippen LogP contribution < -0.4 is 5.32 Å². The highest BCUT2D eigenvalue weighted by Gasteiger charge is 2.36. The minimum absolute atomic E-state index is 0.113. The van der Waals surface area contributed by atoms with Gasteiger partial charge in [0.25, 0.3) is 5.92 Å². The summed E-state index contributed by atoms with van der Waals surface area (Å²) in [7, 11) is 0. The van der Waals surface area contributed by atoms with Crippen LogP contribution in [0, 0.1) is 0 Å². The number of aliphatic hydroxyl groups excluding tert-OH is 1. The monoisotopic (exact) mass is 308 g/mol. The molecule has 0 saturated heterocycles. The van der Waals surface area contributed by atoms with Crippen LogP contribution in [0.3, 0.4) is 0 Å². The molecule has 0 saturated carbocycles. The van der Waals surface area contributed by atoms with Crippen LogP contribution in [0.4, 0.5) is 22.0 Å². The normalized spacial score (nSPS) is 15.4. The van der Waals surface area contributed by atoms with E-state index in [1.165, 1.54) is 0 Å². The van der Waals surface area contributed by atoms with Crippen molar-refractivity contribution in [1.82, 2.24) is 10.2 Å². The fraction of sp³-hybridized carbons (Fsp3) is 0.385. The van der Waals surface area contributed by atoms with E-state index in [-0.39, 0.29) is 12.1 Å². The van der Waals surface area contributed by atoms with Crippen LogP contribution in [0.25, 0.3) is 0 Å². The molecule has 0 radical (unpaired) electrons. The topological polar surface area (TPSA) is 35.5 Å². The number of halogens is 5. The summed E-state index contributed by atoms with van der Waals surface area (Å²) in [5.74, 6) is -3.59. The van der Waals surface area contributed by atoms with Gasteiger partial charge in [0.1, 0.15) is 6.61 Å². The fourth-order valence-corrected chi connectivity index (χ4v) is 2.05. The molecule has 1 aliphatic rings. The van der Waals surface area contributed by atoms with Crippen molar-refractivity contribution in [1.29, 1.82) is 0 Å². The third kappa shape index (κ3) is 3.44. The average Bonchev–Trinajstić information content (AvgIpc) is 2.90. The maximum absolute atomic E-state index is 13.7. The van der Waals surface area contributed by atoms with Crippen molar-refractivity contribution in [3.05, 3.63) is 47.3 Å². The van der Waals surface area contributed by atoms with E-state index in [0.717, 1.165) is 6.07 Å². The molecule has 0 amide bonds. The Kier molecular flexibility index (Phi) is 4.08. The third-order valence-electron chi connectivity index (χ3n) is 3.10. The first-order valence-corrected chi connectivity index (χ1v) is 6.07. The Labute approximate surface area is 117 Å².